The molecule has 25 heteroatoms. The van der Waals surface area contributed by atoms with Gasteiger partial charge in [-0.2, -0.15) is 26.3 Å². The van der Waals surface area contributed by atoms with Gasteiger partial charge in [-0.15, -0.1) is 11.6 Å². The fraction of sp³-hybridized carbons (Fsp3) is 0.581. The van der Waals surface area contributed by atoms with E-state index < -0.39 is 76.9 Å². The van der Waals surface area contributed by atoms with E-state index in [9.17, 15) is 55.1 Å². The fourth-order valence-electron chi connectivity index (χ4n) is 5.32. The summed E-state index contributed by atoms with van der Waals surface area (Å²) in [6, 6.07) is 13.4. The zero-order valence-electron chi connectivity index (χ0n) is 37.8. The highest BCUT2D eigenvalue weighted by Gasteiger charge is 2.39. The molecular formula is C43H61BCl4F6N4O9P. The summed E-state index contributed by atoms with van der Waals surface area (Å²) in [5, 5.41) is 18.1. The maximum Gasteiger partial charge on any atom is 0.471 e. The Labute approximate surface area is 416 Å². The van der Waals surface area contributed by atoms with Gasteiger partial charge in [0, 0.05) is 50.6 Å². The van der Waals surface area contributed by atoms with E-state index in [2.05, 4.69) is 10.6 Å². The maximum absolute atomic E-state index is 12.7. The highest BCUT2D eigenvalue weighted by Crippen LogP contribution is 2.51. The van der Waals surface area contributed by atoms with Crippen molar-refractivity contribution in [3.8, 4) is 0 Å². The normalized spacial score (nSPS) is 12.1. The first-order chi connectivity index (χ1) is 30.4. The van der Waals surface area contributed by atoms with Crippen molar-refractivity contribution < 1.29 is 69.7 Å². The molecule has 2 atom stereocenters. The number of halogens is 10. The van der Waals surface area contributed by atoms with Crippen molar-refractivity contribution in [1.29, 1.82) is 0 Å². The van der Waals surface area contributed by atoms with Crippen molar-refractivity contribution in [2.45, 2.75) is 136 Å². The second kappa shape index (κ2) is 33.9. The number of ether oxygens (including phenoxy) is 2. The van der Waals surface area contributed by atoms with E-state index in [0.29, 0.717) is 35.7 Å². The Kier molecular flexibility index (Phi) is 34.3. The van der Waals surface area contributed by atoms with Gasteiger partial charge < -0.3 is 35.8 Å². The van der Waals surface area contributed by atoms with Gasteiger partial charge in [-0.05, 0) is 103 Å². The highest BCUT2D eigenvalue weighted by molar-refractivity contribution is 8.20. The number of nitrogens with one attached hydrogen (secondary N) is 4. The molecule has 2 rings (SSSR count). The Balaban J connectivity index is -0.00000112. The van der Waals surface area contributed by atoms with Crippen LogP contribution in [-0.2, 0) is 50.7 Å². The van der Waals surface area contributed by atoms with E-state index in [4.69, 9.17) is 59.9 Å². The molecule has 0 aromatic heterocycles. The van der Waals surface area contributed by atoms with Crippen LogP contribution in [0.2, 0.25) is 0 Å². The third kappa shape index (κ3) is 34.7. The molecule has 0 bridgehead atoms. The number of aliphatic hydroxyl groups excluding tert-OH is 1. The van der Waals surface area contributed by atoms with Gasteiger partial charge in [0.25, 0.3) is 0 Å². The number of benzene rings is 2. The average Bonchev–Trinajstić information content (AvgIpc) is 3.18. The molecule has 0 aliphatic heterocycles. The van der Waals surface area contributed by atoms with E-state index >= 15 is 0 Å². The molecule has 0 heterocycles. The SMILES string of the molecule is C.CC(C)(C)OC(=O)CC(CCCCNC(=O)C(F)(F)F)C(=O)Nc1ccc(CCl)cc1.CC(C)(C)OC(=O)CC(CCCCNC(=O)C(F)(F)F)C(=O)Nc1ccc(CO)cc1.ClP(Cl)Cl.[B]. The maximum atomic E-state index is 12.7. The number of hydrogen-bond acceptors (Lipinski definition) is 9. The molecule has 0 spiro atoms. The second-order valence-electron chi connectivity index (χ2n) is 16.3. The summed E-state index contributed by atoms with van der Waals surface area (Å²) in [6.45, 7) is 9.72. The monoisotopic (exact) mass is 1070 g/mol. The summed E-state index contributed by atoms with van der Waals surface area (Å²) in [7, 11) is 0. The minimum atomic E-state index is -4.94. The van der Waals surface area contributed by atoms with E-state index in [1.165, 1.54) is 0 Å². The molecule has 2 aromatic rings. The Bertz CT molecular complexity index is 1690. The molecule has 68 heavy (non-hydrogen) atoms. The summed E-state index contributed by atoms with van der Waals surface area (Å²) >= 11 is 20.4. The number of rotatable bonds is 20. The lowest BCUT2D eigenvalue weighted by molar-refractivity contribution is -0.173. The van der Waals surface area contributed by atoms with Gasteiger partial charge in [0.05, 0.1) is 19.4 Å². The Morgan fingerprint density at radius 3 is 1.18 bits per heavy atom. The highest BCUT2D eigenvalue weighted by atomic mass is 36.0. The van der Waals surface area contributed by atoms with Crippen molar-refractivity contribution >= 4 is 107 Å². The van der Waals surface area contributed by atoms with Crippen LogP contribution >= 0.6 is 51.3 Å². The molecule has 13 nitrogen and oxygen atoms in total. The number of carbonyl (C=O) groups is 6. The molecule has 2 unspecified atom stereocenters. The van der Waals surface area contributed by atoms with Crippen molar-refractivity contribution in [3.05, 3.63) is 59.7 Å². The lowest BCUT2D eigenvalue weighted by atomic mass is 9.97. The molecule has 385 valence electrons. The predicted molar refractivity (Wildman–Crippen MR) is 256 cm³/mol. The molecule has 0 aliphatic rings. The van der Waals surface area contributed by atoms with Crippen LogP contribution in [0.4, 0.5) is 37.7 Å². The quantitative estimate of drug-likeness (QED) is 0.0215. The number of anilines is 2. The number of carbonyl (C=O) groups excluding carboxylic acids is 6. The molecule has 3 radical (unpaired) electrons. The zero-order valence-corrected chi connectivity index (χ0v) is 41.7. The van der Waals surface area contributed by atoms with Crippen LogP contribution in [0, 0.1) is 11.8 Å². The number of hydrogen-bond donors (Lipinski definition) is 5. The van der Waals surface area contributed by atoms with Crippen molar-refractivity contribution in [2.24, 2.45) is 11.8 Å². The van der Waals surface area contributed by atoms with E-state index in [1.807, 2.05) is 0 Å². The van der Waals surface area contributed by atoms with E-state index in [1.54, 1.807) is 101 Å². The molecular weight excluding hydrogens is 1010 g/mol. The van der Waals surface area contributed by atoms with Crippen LogP contribution in [0.3, 0.4) is 0 Å². The van der Waals surface area contributed by atoms with Gasteiger partial charge in [0.1, 0.15) is 11.2 Å². The first-order valence-corrected chi connectivity index (χ1v) is 24.8. The summed E-state index contributed by atoms with van der Waals surface area (Å²) in [5.74, 6) is -8.32. The van der Waals surface area contributed by atoms with Crippen LogP contribution in [0.1, 0.15) is 111 Å². The summed E-state index contributed by atoms with van der Waals surface area (Å²) in [6.07, 6.45) is -8.66. The Hall–Kier alpha value is -3.55. The number of unbranched alkanes of at least 4 members (excludes halogenated alkanes) is 2. The minimum absolute atomic E-state index is 0. The van der Waals surface area contributed by atoms with Crippen molar-refractivity contribution in [2.75, 3.05) is 23.7 Å². The molecule has 4 amide bonds. The van der Waals surface area contributed by atoms with E-state index in [0.717, 1.165) is 5.56 Å². The van der Waals surface area contributed by atoms with Crippen molar-refractivity contribution in [1.82, 2.24) is 10.6 Å². The van der Waals surface area contributed by atoms with Gasteiger partial charge in [-0.25, -0.2) is 0 Å². The van der Waals surface area contributed by atoms with Gasteiger partial charge in [-0.3, -0.25) is 28.8 Å². The van der Waals surface area contributed by atoms with Crippen LogP contribution in [0.5, 0.6) is 0 Å². The van der Waals surface area contributed by atoms with Crippen LogP contribution in [0.15, 0.2) is 48.5 Å². The van der Waals surface area contributed by atoms with Crippen molar-refractivity contribution in [3.63, 3.8) is 0 Å². The van der Waals surface area contributed by atoms with E-state index in [-0.39, 0.29) is 74.1 Å². The van der Waals surface area contributed by atoms with Gasteiger partial charge >= 0.3 is 36.1 Å². The number of alkyl halides is 7. The van der Waals surface area contributed by atoms with Gasteiger partial charge in [0.15, 0.2) is 5.98 Å². The molecule has 2 aromatic carbocycles. The predicted octanol–water partition coefficient (Wildman–Crippen LogP) is 11.1. The average molecular weight is 1080 g/mol. The number of esters is 2. The Morgan fingerprint density at radius 2 is 0.912 bits per heavy atom. The Morgan fingerprint density at radius 1 is 0.603 bits per heavy atom. The molecule has 0 fully saturated rings. The first kappa shape index (κ1) is 68.7. The van der Waals surface area contributed by atoms with Crippen LogP contribution in [-0.4, -0.2) is 85.7 Å². The lowest BCUT2D eigenvalue weighted by Gasteiger charge is -2.22. The van der Waals surface area contributed by atoms with Gasteiger partial charge in [-0.1, -0.05) is 78.3 Å². The summed E-state index contributed by atoms with van der Waals surface area (Å²) in [5.41, 5.74) is 1.13. The third-order valence-corrected chi connectivity index (χ3v) is 8.54. The smallest absolute Gasteiger partial charge is 0.460 e. The number of amides is 4. The largest absolute Gasteiger partial charge is 0.471 e. The minimum Gasteiger partial charge on any atom is -0.460 e. The summed E-state index contributed by atoms with van der Waals surface area (Å²) in [4.78, 5) is 71.4. The first-order valence-electron chi connectivity index (χ1n) is 20.2. The molecule has 5 N–H and O–H groups in total. The van der Waals surface area contributed by atoms with Crippen LogP contribution < -0.4 is 21.3 Å². The second-order valence-corrected chi connectivity index (χ2v) is 21.6. The molecule has 0 aliphatic carbocycles. The summed E-state index contributed by atoms with van der Waals surface area (Å²) < 4.78 is 83.7. The van der Waals surface area contributed by atoms with Gasteiger partial charge in [0.2, 0.25) is 11.8 Å². The molecule has 0 saturated carbocycles. The number of aliphatic hydroxyl groups is 1. The van der Waals surface area contributed by atoms with Crippen LogP contribution in [0.25, 0.3) is 0 Å². The lowest BCUT2D eigenvalue weighted by Crippen LogP contribution is -2.37. The zero-order chi connectivity index (χ0) is 50.9. The fourth-order valence-corrected chi connectivity index (χ4v) is 5.49. The molecule has 0 saturated heterocycles. The third-order valence-electron chi connectivity index (χ3n) is 8.23. The topological polar surface area (TPSA) is 189 Å². The standard InChI is InChI=1S/C21H28ClF3N2O4.C21H29F3N2O5.CH4.B.Cl3P/c1-20(2,3)31-17(28)12-15(6-4-5-11-26-19(30)21(23,24)25)18(29)27-16-9-7-14(13-22)8-10-16;1-20(2,3)31-17(28)12-15(6-4-5-11-25-19(30)21(22,23)24)18(29)26-16-9-7-14(13-27)8-10-16;;;1-4(2)3/h7-10,15H,4-6,11-13H2,1-3H3,(H,26,30)(H,27,29);7-10,15,27H,4-6,11-13H2,1-3H3,(H,25,30)(H,26,29);1H4;;.